The average molecular weight is 455 g/mol. The molecule has 3 rings (SSSR count). The molecule has 2 amide bonds. The Hall–Kier alpha value is -3.73. The van der Waals surface area contributed by atoms with Crippen LogP contribution in [0.2, 0.25) is 0 Å². The van der Waals surface area contributed by atoms with E-state index in [1.54, 1.807) is 43.3 Å². The zero-order valence-electron chi connectivity index (χ0n) is 17.6. The Balaban J connectivity index is 1.58. The van der Waals surface area contributed by atoms with E-state index in [1.165, 1.54) is 17.8 Å². The molecule has 166 valence electrons. The molecule has 0 spiro atoms. The van der Waals surface area contributed by atoms with Gasteiger partial charge in [0.2, 0.25) is 5.91 Å². The van der Waals surface area contributed by atoms with Crippen LogP contribution in [0.1, 0.15) is 28.7 Å². The molecular formula is C21H22N6O4S. The Bertz CT molecular complexity index is 1130. The molecule has 0 bridgehead atoms. The summed E-state index contributed by atoms with van der Waals surface area (Å²) in [6.45, 7) is 4.32. The first kappa shape index (κ1) is 22.9. The number of hydrogen-bond acceptors (Lipinski definition) is 7. The Morgan fingerprint density at radius 1 is 1.16 bits per heavy atom. The van der Waals surface area contributed by atoms with E-state index < -0.39 is 4.92 Å². The van der Waals surface area contributed by atoms with Crippen molar-refractivity contribution in [2.24, 2.45) is 0 Å². The maximum absolute atomic E-state index is 12.3. The zero-order chi connectivity index (χ0) is 23.1. The lowest BCUT2D eigenvalue weighted by Crippen LogP contribution is -2.24. The standard InChI is InChI=1S/C21H22N6O4S/c1-3-26-18(12-22-20(29)15-7-5-4-6-8-15)24-25-21(26)32-13-19(28)23-16-10-9-14(2)17(11-16)27(30)31/h4-11H,3,12-13H2,1-2H3,(H,22,29)(H,23,28). The third-order valence-corrected chi connectivity index (χ3v) is 5.54. The van der Waals surface area contributed by atoms with Crippen LogP contribution in [0.5, 0.6) is 0 Å². The lowest BCUT2D eigenvalue weighted by molar-refractivity contribution is -0.385. The van der Waals surface area contributed by atoms with E-state index in [9.17, 15) is 19.7 Å². The van der Waals surface area contributed by atoms with E-state index in [0.717, 1.165) is 0 Å². The largest absolute Gasteiger partial charge is 0.345 e. The average Bonchev–Trinajstić information content (AvgIpc) is 3.19. The van der Waals surface area contributed by atoms with E-state index in [1.807, 2.05) is 17.6 Å². The van der Waals surface area contributed by atoms with Gasteiger partial charge in [-0.15, -0.1) is 10.2 Å². The van der Waals surface area contributed by atoms with E-state index in [0.29, 0.717) is 34.3 Å². The zero-order valence-corrected chi connectivity index (χ0v) is 18.4. The Morgan fingerprint density at radius 3 is 2.59 bits per heavy atom. The molecule has 0 radical (unpaired) electrons. The number of nitro benzene ring substituents is 1. The third-order valence-electron chi connectivity index (χ3n) is 4.57. The second-order valence-corrected chi connectivity index (χ2v) is 7.73. The minimum atomic E-state index is -0.485. The second kappa shape index (κ2) is 10.5. The van der Waals surface area contributed by atoms with Crippen LogP contribution >= 0.6 is 11.8 Å². The van der Waals surface area contributed by atoms with Crippen molar-refractivity contribution in [3.8, 4) is 0 Å². The molecule has 1 heterocycles. The van der Waals surface area contributed by atoms with Gasteiger partial charge in [0.15, 0.2) is 11.0 Å². The normalized spacial score (nSPS) is 10.6. The molecule has 0 aliphatic heterocycles. The molecular weight excluding hydrogens is 432 g/mol. The number of carbonyl (C=O) groups is 2. The first-order valence-electron chi connectivity index (χ1n) is 9.82. The Labute approximate surface area is 188 Å². The first-order chi connectivity index (χ1) is 15.4. The van der Waals surface area contributed by atoms with Crippen LogP contribution in [0.25, 0.3) is 0 Å². The molecule has 0 unspecified atom stereocenters. The highest BCUT2D eigenvalue weighted by atomic mass is 32.2. The van der Waals surface area contributed by atoms with Gasteiger partial charge in [-0.25, -0.2) is 0 Å². The molecule has 10 nitrogen and oxygen atoms in total. The molecule has 0 atom stereocenters. The smallest absolute Gasteiger partial charge is 0.274 e. The predicted molar refractivity (Wildman–Crippen MR) is 120 cm³/mol. The van der Waals surface area contributed by atoms with E-state index >= 15 is 0 Å². The number of rotatable bonds is 9. The number of aryl methyl sites for hydroxylation is 1. The summed E-state index contributed by atoms with van der Waals surface area (Å²) in [5.74, 6) is 0.0968. The highest BCUT2D eigenvalue weighted by molar-refractivity contribution is 7.99. The molecule has 0 saturated carbocycles. The number of thioether (sulfide) groups is 1. The molecule has 1 aromatic heterocycles. The molecule has 3 aromatic rings. The predicted octanol–water partition coefficient (Wildman–Crippen LogP) is 3.18. The van der Waals surface area contributed by atoms with E-state index in [2.05, 4.69) is 20.8 Å². The van der Waals surface area contributed by atoms with Gasteiger partial charge in [-0.3, -0.25) is 19.7 Å². The molecule has 0 aliphatic carbocycles. The quantitative estimate of drug-likeness (QED) is 0.288. The summed E-state index contributed by atoms with van der Waals surface area (Å²) in [5, 5.41) is 25.3. The first-order valence-corrected chi connectivity index (χ1v) is 10.8. The van der Waals surface area contributed by atoms with Crippen LogP contribution in [0, 0.1) is 17.0 Å². The fraction of sp³-hybridized carbons (Fsp3) is 0.238. The molecule has 2 aromatic carbocycles. The summed E-state index contributed by atoms with van der Waals surface area (Å²) in [4.78, 5) is 35.1. The monoisotopic (exact) mass is 454 g/mol. The van der Waals surface area contributed by atoms with Crippen molar-refractivity contribution in [2.75, 3.05) is 11.1 Å². The number of aromatic nitrogens is 3. The second-order valence-electron chi connectivity index (χ2n) is 6.79. The van der Waals surface area contributed by atoms with Gasteiger partial charge in [-0.05, 0) is 32.0 Å². The van der Waals surface area contributed by atoms with Gasteiger partial charge in [0.05, 0.1) is 17.2 Å². The number of amides is 2. The van der Waals surface area contributed by atoms with Gasteiger partial charge < -0.3 is 15.2 Å². The van der Waals surface area contributed by atoms with Crippen molar-refractivity contribution in [2.45, 2.75) is 32.1 Å². The van der Waals surface area contributed by atoms with Crippen LogP contribution in [-0.2, 0) is 17.9 Å². The number of nitrogens with one attached hydrogen (secondary N) is 2. The number of nitrogens with zero attached hydrogens (tertiary/aromatic N) is 4. The van der Waals surface area contributed by atoms with Crippen molar-refractivity contribution in [1.29, 1.82) is 0 Å². The Kier molecular flexibility index (Phi) is 7.55. The number of anilines is 1. The minimum Gasteiger partial charge on any atom is -0.345 e. The minimum absolute atomic E-state index is 0.0518. The molecule has 0 saturated heterocycles. The summed E-state index contributed by atoms with van der Waals surface area (Å²) in [5.41, 5.74) is 1.38. The summed E-state index contributed by atoms with van der Waals surface area (Å²) in [7, 11) is 0. The maximum Gasteiger partial charge on any atom is 0.274 e. The van der Waals surface area contributed by atoms with Crippen LogP contribution in [0.15, 0.2) is 53.7 Å². The number of benzene rings is 2. The van der Waals surface area contributed by atoms with Gasteiger partial charge in [0.25, 0.3) is 11.6 Å². The van der Waals surface area contributed by atoms with Gasteiger partial charge >= 0.3 is 0 Å². The highest BCUT2D eigenvalue weighted by Crippen LogP contribution is 2.23. The summed E-state index contributed by atoms with van der Waals surface area (Å²) in [6, 6.07) is 13.4. The lowest BCUT2D eigenvalue weighted by Gasteiger charge is -2.09. The summed E-state index contributed by atoms with van der Waals surface area (Å²) < 4.78 is 1.82. The van der Waals surface area contributed by atoms with Crippen molar-refractivity contribution in [3.05, 3.63) is 75.6 Å². The Morgan fingerprint density at radius 2 is 1.91 bits per heavy atom. The van der Waals surface area contributed by atoms with Crippen LogP contribution in [0.3, 0.4) is 0 Å². The van der Waals surface area contributed by atoms with Crippen LogP contribution in [-0.4, -0.2) is 37.3 Å². The van der Waals surface area contributed by atoms with Crippen molar-refractivity contribution >= 4 is 35.0 Å². The van der Waals surface area contributed by atoms with Gasteiger partial charge in [-0.1, -0.05) is 36.0 Å². The topological polar surface area (TPSA) is 132 Å². The summed E-state index contributed by atoms with van der Waals surface area (Å²) in [6.07, 6.45) is 0. The fourth-order valence-electron chi connectivity index (χ4n) is 2.94. The SMILES string of the molecule is CCn1c(CNC(=O)c2ccccc2)nnc1SCC(=O)Nc1ccc(C)c([N+](=O)[O-])c1. The van der Waals surface area contributed by atoms with E-state index in [-0.39, 0.29) is 29.8 Å². The molecule has 32 heavy (non-hydrogen) atoms. The maximum atomic E-state index is 12.3. The van der Waals surface area contributed by atoms with Crippen molar-refractivity contribution in [1.82, 2.24) is 20.1 Å². The highest BCUT2D eigenvalue weighted by Gasteiger charge is 2.16. The number of nitro groups is 1. The van der Waals surface area contributed by atoms with Gasteiger partial charge in [-0.2, -0.15) is 0 Å². The third kappa shape index (κ3) is 5.70. The van der Waals surface area contributed by atoms with Crippen LogP contribution in [0.4, 0.5) is 11.4 Å². The fourth-order valence-corrected chi connectivity index (χ4v) is 3.76. The number of carbonyl (C=O) groups excluding carboxylic acids is 2. The van der Waals surface area contributed by atoms with Gasteiger partial charge in [0.1, 0.15) is 0 Å². The summed E-state index contributed by atoms with van der Waals surface area (Å²) >= 11 is 1.19. The molecule has 11 heteroatoms. The van der Waals surface area contributed by atoms with Crippen LogP contribution < -0.4 is 10.6 Å². The molecule has 0 aliphatic rings. The van der Waals surface area contributed by atoms with Crippen molar-refractivity contribution in [3.63, 3.8) is 0 Å². The van der Waals surface area contributed by atoms with Crippen molar-refractivity contribution < 1.29 is 14.5 Å². The molecule has 0 fully saturated rings. The number of hydrogen-bond donors (Lipinski definition) is 2. The molecule has 2 N–H and O–H groups in total. The lowest BCUT2D eigenvalue weighted by atomic mass is 10.2. The van der Waals surface area contributed by atoms with E-state index in [4.69, 9.17) is 0 Å². The van der Waals surface area contributed by atoms with Gasteiger partial charge in [0, 0.05) is 29.4 Å².